The van der Waals surface area contributed by atoms with Gasteiger partial charge >= 0.3 is 0 Å². The van der Waals surface area contributed by atoms with Crippen molar-refractivity contribution in [3.05, 3.63) is 29.8 Å². The Morgan fingerprint density at radius 2 is 2.30 bits per heavy atom. The van der Waals surface area contributed by atoms with Gasteiger partial charge in [0.05, 0.1) is 6.61 Å². The van der Waals surface area contributed by atoms with E-state index in [0.717, 1.165) is 44.2 Å². The van der Waals surface area contributed by atoms with E-state index in [2.05, 4.69) is 30.0 Å². The lowest BCUT2D eigenvalue weighted by Crippen LogP contribution is -2.35. The van der Waals surface area contributed by atoms with Crippen LogP contribution < -0.4 is 10.5 Å². The van der Waals surface area contributed by atoms with Gasteiger partial charge < -0.3 is 10.5 Å². The Morgan fingerprint density at radius 3 is 3.10 bits per heavy atom. The van der Waals surface area contributed by atoms with Crippen LogP contribution in [0.25, 0.3) is 0 Å². The molecular weight excluding hydrogens is 248 g/mol. The van der Waals surface area contributed by atoms with Crippen molar-refractivity contribution in [1.29, 1.82) is 0 Å². The van der Waals surface area contributed by atoms with Crippen LogP contribution >= 0.6 is 0 Å². The first kappa shape index (κ1) is 15.3. The molecule has 1 heterocycles. The van der Waals surface area contributed by atoms with Crippen LogP contribution in [-0.2, 0) is 6.54 Å². The Balaban J connectivity index is 1.88. The van der Waals surface area contributed by atoms with Crippen LogP contribution in [0.4, 0.5) is 0 Å². The predicted octanol–water partition coefficient (Wildman–Crippen LogP) is 3.04. The van der Waals surface area contributed by atoms with Gasteiger partial charge in [0.25, 0.3) is 0 Å². The largest absolute Gasteiger partial charge is 0.494 e. The second-order valence-electron chi connectivity index (χ2n) is 5.82. The molecule has 0 saturated carbocycles. The number of nitrogens with zero attached hydrogens (tertiary/aromatic N) is 1. The number of rotatable bonds is 7. The Hall–Kier alpha value is -1.06. The number of hydrogen-bond acceptors (Lipinski definition) is 3. The average Bonchev–Trinajstić information content (AvgIpc) is 2.46. The molecule has 2 rings (SSSR count). The van der Waals surface area contributed by atoms with Gasteiger partial charge in [-0.05, 0) is 62.4 Å². The zero-order valence-electron chi connectivity index (χ0n) is 12.7. The zero-order chi connectivity index (χ0) is 14.2. The number of nitrogens with two attached hydrogens (primary N) is 1. The van der Waals surface area contributed by atoms with E-state index in [1.807, 2.05) is 6.07 Å². The molecule has 1 unspecified atom stereocenters. The van der Waals surface area contributed by atoms with E-state index in [9.17, 15) is 0 Å². The zero-order valence-corrected chi connectivity index (χ0v) is 12.7. The number of likely N-dealkylation sites (tertiary alicyclic amines) is 1. The summed E-state index contributed by atoms with van der Waals surface area (Å²) < 4.78 is 5.71. The van der Waals surface area contributed by atoms with Crippen LogP contribution in [0.15, 0.2) is 24.3 Å². The summed E-state index contributed by atoms with van der Waals surface area (Å²) in [6, 6.07) is 8.53. The summed E-state index contributed by atoms with van der Waals surface area (Å²) in [5.74, 6) is 1.79. The third kappa shape index (κ3) is 4.80. The van der Waals surface area contributed by atoms with Crippen molar-refractivity contribution in [2.45, 2.75) is 39.2 Å². The minimum atomic E-state index is 0.785. The Labute approximate surface area is 123 Å². The fraction of sp³-hybridized carbons (Fsp3) is 0.647. The fourth-order valence-electron chi connectivity index (χ4n) is 2.98. The normalized spacial score (nSPS) is 20.0. The van der Waals surface area contributed by atoms with Crippen molar-refractivity contribution in [2.75, 3.05) is 26.2 Å². The number of ether oxygens (including phenoxy) is 1. The van der Waals surface area contributed by atoms with Gasteiger partial charge in [0, 0.05) is 13.1 Å². The van der Waals surface area contributed by atoms with Crippen molar-refractivity contribution in [3.63, 3.8) is 0 Å². The molecule has 1 fully saturated rings. The van der Waals surface area contributed by atoms with Gasteiger partial charge in [0.15, 0.2) is 0 Å². The third-order valence-corrected chi connectivity index (χ3v) is 3.96. The molecule has 112 valence electrons. The minimum Gasteiger partial charge on any atom is -0.494 e. The van der Waals surface area contributed by atoms with E-state index < -0.39 is 0 Å². The third-order valence-electron chi connectivity index (χ3n) is 3.96. The van der Waals surface area contributed by atoms with Crippen LogP contribution in [0.2, 0.25) is 0 Å². The van der Waals surface area contributed by atoms with Crippen LogP contribution in [-0.4, -0.2) is 31.1 Å². The van der Waals surface area contributed by atoms with Gasteiger partial charge in [0.2, 0.25) is 0 Å². The summed E-state index contributed by atoms with van der Waals surface area (Å²) in [4.78, 5) is 2.56. The van der Waals surface area contributed by atoms with Crippen LogP contribution in [0.3, 0.4) is 0 Å². The molecule has 0 amide bonds. The molecule has 0 aliphatic carbocycles. The van der Waals surface area contributed by atoms with Crippen LogP contribution in [0.5, 0.6) is 5.75 Å². The summed E-state index contributed by atoms with van der Waals surface area (Å²) in [6.07, 6.45) is 4.86. The van der Waals surface area contributed by atoms with Gasteiger partial charge in [-0.1, -0.05) is 19.1 Å². The quantitative estimate of drug-likeness (QED) is 0.832. The summed E-state index contributed by atoms with van der Waals surface area (Å²) in [5, 5.41) is 0. The smallest absolute Gasteiger partial charge is 0.119 e. The summed E-state index contributed by atoms with van der Waals surface area (Å²) in [5.41, 5.74) is 7.04. The van der Waals surface area contributed by atoms with Gasteiger partial charge in [-0.15, -0.1) is 0 Å². The lowest BCUT2D eigenvalue weighted by molar-refractivity contribution is 0.163. The first-order valence-corrected chi connectivity index (χ1v) is 7.96. The molecule has 1 aromatic carbocycles. The average molecular weight is 276 g/mol. The molecule has 2 N–H and O–H groups in total. The Bertz CT molecular complexity index is 392. The van der Waals surface area contributed by atoms with Gasteiger partial charge in [0.1, 0.15) is 5.75 Å². The van der Waals surface area contributed by atoms with Crippen LogP contribution in [0, 0.1) is 5.92 Å². The monoisotopic (exact) mass is 276 g/mol. The standard InChI is InChI=1S/C17H28N2O/c1-2-11-20-17-7-3-5-16(12-17)14-19-10-4-6-15(13-19)8-9-18/h3,5,7,12,15H,2,4,6,8-11,13-14,18H2,1H3. The number of piperidine rings is 1. The number of hydrogen-bond donors (Lipinski definition) is 1. The molecule has 20 heavy (non-hydrogen) atoms. The minimum absolute atomic E-state index is 0.785. The predicted molar refractivity (Wildman–Crippen MR) is 83.9 cm³/mol. The second kappa shape index (κ2) is 8.28. The van der Waals surface area contributed by atoms with E-state index in [1.54, 1.807) is 0 Å². The molecule has 1 aliphatic heterocycles. The molecular formula is C17H28N2O. The summed E-state index contributed by atoms with van der Waals surface area (Å²) >= 11 is 0. The van der Waals surface area contributed by atoms with E-state index >= 15 is 0 Å². The maximum Gasteiger partial charge on any atom is 0.119 e. The van der Waals surface area contributed by atoms with Crippen molar-refractivity contribution < 1.29 is 4.74 Å². The molecule has 1 saturated heterocycles. The van der Waals surface area contributed by atoms with Gasteiger partial charge in [-0.3, -0.25) is 4.90 Å². The first-order chi connectivity index (χ1) is 9.81. The fourth-order valence-corrected chi connectivity index (χ4v) is 2.98. The maximum absolute atomic E-state index is 5.71. The molecule has 1 aliphatic rings. The van der Waals surface area contributed by atoms with Crippen molar-refractivity contribution >= 4 is 0 Å². The lowest BCUT2D eigenvalue weighted by Gasteiger charge is -2.32. The Kier molecular flexibility index (Phi) is 6.34. The highest BCUT2D eigenvalue weighted by Crippen LogP contribution is 2.22. The Morgan fingerprint density at radius 1 is 1.40 bits per heavy atom. The highest BCUT2D eigenvalue weighted by molar-refractivity contribution is 5.28. The van der Waals surface area contributed by atoms with E-state index in [4.69, 9.17) is 10.5 Å². The van der Waals surface area contributed by atoms with E-state index in [-0.39, 0.29) is 0 Å². The maximum atomic E-state index is 5.71. The highest BCUT2D eigenvalue weighted by atomic mass is 16.5. The second-order valence-corrected chi connectivity index (χ2v) is 5.82. The molecule has 0 bridgehead atoms. The van der Waals surface area contributed by atoms with Crippen molar-refractivity contribution in [2.24, 2.45) is 11.7 Å². The summed E-state index contributed by atoms with van der Waals surface area (Å²) in [6.45, 7) is 7.18. The van der Waals surface area contributed by atoms with E-state index in [0.29, 0.717) is 0 Å². The molecule has 0 radical (unpaired) electrons. The molecule has 1 atom stereocenters. The highest BCUT2D eigenvalue weighted by Gasteiger charge is 2.19. The lowest BCUT2D eigenvalue weighted by atomic mass is 9.94. The van der Waals surface area contributed by atoms with E-state index in [1.165, 1.54) is 31.5 Å². The SMILES string of the molecule is CCCOc1cccc(CN2CCCC(CCN)C2)c1. The number of benzene rings is 1. The van der Waals surface area contributed by atoms with Crippen molar-refractivity contribution in [1.82, 2.24) is 4.90 Å². The van der Waals surface area contributed by atoms with Gasteiger partial charge in [-0.2, -0.15) is 0 Å². The topological polar surface area (TPSA) is 38.5 Å². The van der Waals surface area contributed by atoms with Gasteiger partial charge in [-0.25, -0.2) is 0 Å². The van der Waals surface area contributed by atoms with Crippen LogP contribution in [0.1, 0.15) is 38.2 Å². The molecule has 3 heteroatoms. The summed E-state index contributed by atoms with van der Waals surface area (Å²) in [7, 11) is 0. The first-order valence-electron chi connectivity index (χ1n) is 7.96. The van der Waals surface area contributed by atoms with Crippen molar-refractivity contribution in [3.8, 4) is 5.75 Å². The molecule has 3 nitrogen and oxygen atoms in total. The molecule has 0 spiro atoms. The molecule has 0 aromatic heterocycles. The molecule has 1 aromatic rings.